The Bertz CT molecular complexity index is 506. The summed E-state index contributed by atoms with van der Waals surface area (Å²) < 4.78 is 5.70. The lowest BCUT2D eigenvalue weighted by molar-refractivity contribution is -0.118. The molecule has 0 saturated carbocycles. The monoisotopic (exact) mass is 307 g/mol. The summed E-state index contributed by atoms with van der Waals surface area (Å²) in [5.41, 5.74) is 0. The van der Waals surface area contributed by atoms with Crippen LogP contribution in [0.3, 0.4) is 0 Å². The Hall–Kier alpha value is -1.82. The third-order valence-electron chi connectivity index (χ3n) is 3.99. The van der Waals surface area contributed by atoms with Crippen LogP contribution in [0.15, 0.2) is 16.5 Å². The van der Waals surface area contributed by atoms with Gasteiger partial charge in [0.1, 0.15) is 5.76 Å². The molecule has 22 heavy (non-hydrogen) atoms. The molecule has 1 aromatic heterocycles. The largest absolute Gasteiger partial charge is 0.454 e. The summed E-state index contributed by atoms with van der Waals surface area (Å²) in [5.74, 6) is 0.794. The van der Waals surface area contributed by atoms with Gasteiger partial charge in [-0.2, -0.15) is 0 Å². The van der Waals surface area contributed by atoms with Crippen LogP contribution in [0.5, 0.6) is 0 Å². The average molecular weight is 307 g/mol. The second kappa shape index (κ2) is 7.98. The van der Waals surface area contributed by atoms with E-state index in [0.29, 0.717) is 18.8 Å². The molecule has 2 amide bonds. The molecule has 1 fully saturated rings. The van der Waals surface area contributed by atoms with Gasteiger partial charge < -0.3 is 15.1 Å². The number of piperidine rings is 1. The van der Waals surface area contributed by atoms with Crippen molar-refractivity contribution in [1.29, 1.82) is 0 Å². The van der Waals surface area contributed by atoms with E-state index in [9.17, 15) is 9.59 Å². The van der Waals surface area contributed by atoms with Crippen molar-refractivity contribution in [3.63, 3.8) is 0 Å². The van der Waals surface area contributed by atoms with E-state index in [1.54, 1.807) is 6.07 Å². The van der Waals surface area contributed by atoms with Gasteiger partial charge in [-0.15, -0.1) is 0 Å². The molecule has 0 radical (unpaired) electrons. The van der Waals surface area contributed by atoms with Crippen LogP contribution in [0.2, 0.25) is 0 Å². The topological polar surface area (TPSA) is 74.6 Å². The predicted octanol–water partition coefficient (Wildman–Crippen LogP) is 1.69. The summed E-state index contributed by atoms with van der Waals surface area (Å²) in [7, 11) is 0. The highest BCUT2D eigenvalue weighted by molar-refractivity contribution is 5.91. The zero-order valence-corrected chi connectivity index (χ0v) is 13.4. The number of hydrogen-bond acceptors (Lipinski definition) is 4. The van der Waals surface area contributed by atoms with Crippen molar-refractivity contribution in [3.05, 3.63) is 23.7 Å². The molecule has 1 aromatic rings. The lowest BCUT2D eigenvalue weighted by atomic mass is 10.1. The standard InChI is InChI=1S/C16H25N3O3/c1-12(19-10-4-3-5-11-19)14-6-7-15(22-14)16(21)18-9-8-17-13(2)20/h6-7,12H,3-5,8-11H2,1-2H3,(H,17,20)(H,18,21)/t12-/m0/s1. The number of amides is 2. The maximum absolute atomic E-state index is 12.0. The van der Waals surface area contributed by atoms with E-state index in [1.807, 2.05) is 6.07 Å². The minimum Gasteiger partial charge on any atom is -0.454 e. The fourth-order valence-electron chi connectivity index (χ4n) is 2.69. The lowest BCUT2D eigenvalue weighted by Crippen LogP contribution is -2.33. The van der Waals surface area contributed by atoms with E-state index in [4.69, 9.17) is 4.42 Å². The third kappa shape index (κ3) is 4.59. The first-order valence-corrected chi connectivity index (χ1v) is 7.94. The minimum absolute atomic E-state index is 0.107. The van der Waals surface area contributed by atoms with E-state index in [0.717, 1.165) is 18.8 Å². The van der Waals surface area contributed by atoms with Gasteiger partial charge in [-0.1, -0.05) is 6.42 Å². The first-order chi connectivity index (χ1) is 10.6. The van der Waals surface area contributed by atoms with Crippen LogP contribution in [0, 0.1) is 0 Å². The van der Waals surface area contributed by atoms with Gasteiger partial charge in [0.15, 0.2) is 5.76 Å². The number of nitrogens with one attached hydrogen (secondary N) is 2. The van der Waals surface area contributed by atoms with Crippen molar-refractivity contribution < 1.29 is 14.0 Å². The molecule has 0 aromatic carbocycles. The van der Waals surface area contributed by atoms with Crippen molar-refractivity contribution in [2.24, 2.45) is 0 Å². The zero-order valence-electron chi connectivity index (χ0n) is 13.4. The molecule has 122 valence electrons. The van der Waals surface area contributed by atoms with Crippen molar-refractivity contribution in [2.75, 3.05) is 26.2 Å². The molecule has 1 saturated heterocycles. The number of nitrogens with zero attached hydrogens (tertiary/aromatic N) is 1. The molecule has 0 aliphatic carbocycles. The Balaban J connectivity index is 1.84. The number of rotatable bonds is 6. The number of carbonyl (C=O) groups is 2. The third-order valence-corrected chi connectivity index (χ3v) is 3.99. The van der Waals surface area contributed by atoms with Crippen LogP contribution in [-0.2, 0) is 4.79 Å². The van der Waals surface area contributed by atoms with Crippen LogP contribution < -0.4 is 10.6 Å². The summed E-state index contributed by atoms with van der Waals surface area (Å²) >= 11 is 0. The Kier molecular flexibility index (Phi) is 6.00. The summed E-state index contributed by atoms with van der Waals surface area (Å²) in [4.78, 5) is 25.1. The molecular formula is C16H25N3O3. The highest BCUT2D eigenvalue weighted by Crippen LogP contribution is 2.25. The van der Waals surface area contributed by atoms with Gasteiger partial charge in [0.05, 0.1) is 6.04 Å². The normalized spacial score (nSPS) is 17.0. The Labute approximate surface area is 131 Å². The van der Waals surface area contributed by atoms with Crippen molar-refractivity contribution in [1.82, 2.24) is 15.5 Å². The van der Waals surface area contributed by atoms with Gasteiger partial charge in [0.25, 0.3) is 5.91 Å². The number of carbonyl (C=O) groups excluding carboxylic acids is 2. The van der Waals surface area contributed by atoms with Gasteiger partial charge in [0.2, 0.25) is 5.91 Å². The molecule has 2 N–H and O–H groups in total. The summed E-state index contributed by atoms with van der Waals surface area (Å²) in [6, 6.07) is 3.78. The smallest absolute Gasteiger partial charge is 0.287 e. The molecule has 1 aliphatic rings. The van der Waals surface area contributed by atoms with Crippen molar-refractivity contribution >= 4 is 11.8 Å². The Morgan fingerprint density at radius 2 is 1.86 bits per heavy atom. The minimum atomic E-state index is -0.248. The fraction of sp³-hybridized carbons (Fsp3) is 0.625. The lowest BCUT2D eigenvalue weighted by Gasteiger charge is -2.31. The highest BCUT2D eigenvalue weighted by atomic mass is 16.4. The summed E-state index contributed by atoms with van der Waals surface area (Å²) in [6.45, 7) is 6.53. The van der Waals surface area contributed by atoms with Gasteiger partial charge in [0, 0.05) is 20.0 Å². The SMILES string of the molecule is CC(=O)NCCNC(=O)c1ccc([C@H](C)N2CCCCC2)o1. The number of hydrogen-bond donors (Lipinski definition) is 2. The van der Waals surface area contributed by atoms with Crippen LogP contribution in [0.1, 0.15) is 55.5 Å². The molecule has 0 bridgehead atoms. The Morgan fingerprint density at radius 1 is 1.18 bits per heavy atom. The molecule has 1 aliphatic heterocycles. The van der Waals surface area contributed by atoms with Crippen LogP contribution in [0.4, 0.5) is 0 Å². The predicted molar refractivity (Wildman–Crippen MR) is 83.6 cm³/mol. The van der Waals surface area contributed by atoms with E-state index >= 15 is 0 Å². The van der Waals surface area contributed by atoms with Gasteiger partial charge in [-0.3, -0.25) is 14.5 Å². The average Bonchev–Trinajstić information content (AvgIpc) is 3.01. The highest BCUT2D eigenvalue weighted by Gasteiger charge is 2.21. The van der Waals surface area contributed by atoms with Crippen LogP contribution in [0.25, 0.3) is 0 Å². The van der Waals surface area contributed by atoms with E-state index in [-0.39, 0.29) is 17.9 Å². The molecule has 0 spiro atoms. The van der Waals surface area contributed by atoms with Gasteiger partial charge in [-0.25, -0.2) is 0 Å². The van der Waals surface area contributed by atoms with Crippen molar-refractivity contribution in [3.8, 4) is 0 Å². The van der Waals surface area contributed by atoms with E-state index < -0.39 is 0 Å². The quantitative estimate of drug-likeness (QED) is 0.784. The second-order valence-corrected chi connectivity index (χ2v) is 5.71. The summed E-state index contributed by atoms with van der Waals surface area (Å²) in [5, 5.41) is 5.35. The van der Waals surface area contributed by atoms with Gasteiger partial charge in [-0.05, 0) is 45.0 Å². The molecule has 6 nitrogen and oxygen atoms in total. The maximum Gasteiger partial charge on any atom is 0.287 e. The van der Waals surface area contributed by atoms with Crippen molar-refractivity contribution in [2.45, 2.75) is 39.2 Å². The molecule has 2 heterocycles. The van der Waals surface area contributed by atoms with E-state index in [1.165, 1.54) is 26.2 Å². The first-order valence-electron chi connectivity index (χ1n) is 7.94. The molecule has 2 rings (SSSR count). The molecule has 1 atom stereocenters. The molecule has 0 unspecified atom stereocenters. The van der Waals surface area contributed by atoms with Crippen LogP contribution >= 0.6 is 0 Å². The summed E-state index contributed by atoms with van der Waals surface area (Å²) in [6.07, 6.45) is 3.74. The first kappa shape index (κ1) is 16.5. The number of likely N-dealkylation sites (tertiary alicyclic amines) is 1. The van der Waals surface area contributed by atoms with Gasteiger partial charge >= 0.3 is 0 Å². The molecular weight excluding hydrogens is 282 g/mol. The fourth-order valence-corrected chi connectivity index (χ4v) is 2.69. The Morgan fingerprint density at radius 3 is 2.55 bits per heavy atom. The van der Waals surface area contributed by atoms with E-state index in [2.05, 4.69) is 22.5 Å². The molecule has 6 heteroatoms. The second-order valence-electron chi connectivity index (χ2n) is 5.71. The van der Waals surface area contributed by atoms with Crippen LogP contribution in [-0.4, -0.2) is 42.9 Å². The maximum atomic E-state index is 12.0. The number of furan rings is 1. The zero-order chi connectivity index (χ0) is 15.9.